The van der Waals surface area contributed by atoms with E-state index in [1.54, 1.807) is 0 Å². The maximum absolute atomic E-state index is 4.49. The number of anilines is 1. The van der Waals surface area contributed by atoms with Crippen molar-refractivity contribution in [3.63, 3.8) is 0 Å². The van der Waals surface area contributed by atoms with Crippen molar-refractivity contribution in [1.82, 2.24) is 0 Å². The average molecular weight is 371 g/mol. The number of benzene rings is 3. The number of hydrogen-bond donors (Lipinski definition) is 1. The second-order valence-electron chi connectivity index (χ2n) is 6.86. The summed E-state index contributed by atoms with van der Waals surface area (Å²) >= 11 is 0. The first-order chi connectivity index (χ1) is 13.5. The van der Waals surface area contributed by atoms with Gasteiger partial charge in [-0.05, 0) is 86.3 Å². The molecule has 3 rings (SSSR count). The fourth-order valence-electron chi connectivity index (χ4n) is 2.89. The monoisotopic (exact) mass is 371 g/mol. The van der Waals surface area contributed by atoms with E-state index in [1.165, 1.54) is 0 Å². The highest BCUT2D eigenvalue weighted by Crippen LogP contribution is 2.32. The Kier molecular flexibility index (Phi) is 5.94. The molecule has 0 saturated carbocycles. The van der Waals surface area contributed by atoms with Gasteiger partial charge in [-0.15, -0.1) is 0 Å². The van der Waals surface area contributed by atoms with Crippen LogP contribution in [0.25, 0.3) is 0 Å². The highest BCUT2D eigenvalue weighted by molar-refractivity contribution is 5.62. The maximum Gasteiger partial charge on any atom is 0.0890 e. The van der Waals surface area contributed by atoms with Crippen LogP contribution in [-0.4, -0.2) is 7.05 Å². The molecule has 0 bridgehead atoms. The molecule has 5 nitrogen and oxygen atoms in total. The molecular formula is C23H25N5. The highest BCUT2D eigenvalue weighted by atomic mass is 15.1. The van der Waals surface area contributed by atoms with E-state index in [0.29, 0.717) is 0 Å². The van der Waals surface area contributed by atoms with Crippen LogP contribution in [0.5, 0.6) is 0 Å². The zero-order valence-electron chi connectivity index (χ0n) is 17.0. The predicted octanol–water partition coefficient (Wildman–Crippen LogP) is 7.79. The maximum atomic E-state index is 4.49. The summed E-state index contributed by atoms with van der Waals surface area (Å²) in [5.41, 5.74) is 8.75. The number of aryl methyl sites for hydroxylation is 4. The summed E-state index contributed by atoms with van der Waals surface area (Å²) in [4.78, 5) is 0. The molecule has 0 amide bonds. The summed E-state index contributed by atoms with van der Waals surface area (Å²) < 4.78 is 0. The van der Waals surface area contributed by atoms with Crippen LogP contribution >= 0.6 is 0 Å². The number of hydrogen-bond acceptors (Lipinski definition) is 5. The van der Waals surface area contributed by atoms with E-state index in [4.69, 9.17) is 0 Å². The molecule has 0 aliphatic rings. The Labute approximate surface area is 166 Å². The minimum absolute atomic E-state index is 0.833. The van der Waals surface area contributed by atoms with Crippen LogP contribution < -0.4 is 5.32 Å². The number of nitrogens with zero attached hydrogens (tertiary/aromatic N) is 4. The van der Waals surface area contributed by atoms with Gasteiger partial charge in [0.25, 0.3) is 0 Å². The zero-order chi connectivity index (χ0) is 20.1. The zero-order valence-corrected chi connectivity index (χ0v) is 17.0. The molecule has 28 heavy (non-hydrogen) atoms. The third-order valence-corrected chi connectivity index (χ3v) is 4.62. The Morgan fingerprint density at radius 3 is 1.57 bits per heavy atom. The molecule has 3 aromatic rings. The Morgan fingerprint density at radius 1 is 0.571 bits per heavy atom. The van der Waals surface area contributed by atoms with E-state index >= 15 is 0 Å². The Balaban J connectivity index is 1.86. The first-order valence-electron chi connectivity index (χ1n) is 9.26. The second-order valence-corrected chi connectivity index (χ2v) is 6.86. The van der Waals surface area contributed by atoms with Gasteiger partial charge in [-0.3, -0.25) is 0 Å². The molecule has 0 spiro atoms. The van der Waals surface area contributed by atoms with Gasteiger partial charge in [0, 0.05) is 12.7 Å². The molecule has 0 aromatic heterocycles. The van der Waals surface area contributed by atoms with Gasteiger partial charge in [0.2, 0.25) is 0 Å². The van der Waals surface area contributed by atoms with Crippen LogP contribution in [-0.2, 0) is 0 Å². The SMILES string of the molecule is CNc1cc(C)c(N=Nc2cc(C)c(N=Nc3ccccc3)cc2C)cc1C. The minimum Gasteiger partial charge on any atom is -0.388 e. The normalized spacial score (nSPS) is 11.5. The number of azo groups is 2. The van der Waals surface area contributed by atoms with Gasteiger partial charge in [-0.25, -0.2) is 0 Å². The van der Waals surface area contributed by atoms with Crippen molar-refractivity contribution in [2.45, 2.75) is 27.7 Å². The minimum atomic E-state index is 0.833. The lowest BCUT2D eigenvalue weighted by Gasteiger charge is -2.09. The molecular weight excluding hydrogens is 346 g/mol. The quantitative estimate of drug-likeness (QED) is 0.457. The lowest BCUT2D eigenvalue weighted by molar-refractivity contribution is 1.16. The third-order valence-electron chi connectivity index (χ3n) is 4.62. The molecule has 3 aromatic carbocycles. The van der Waals surface area contributed by atoms with Crippen LogP contribution in [0.3, 0.4) is 0 Å². The molecule has 0 unspecified atom stereocenters. The average Bonchev–Trinajstić information content (AvgIpc) is 2.70. The van der Waals surface area contributed by atoms with Gasteiger partial charge < -0.3 is 5.32 Å². The first-order valence-corrected chi connectivity index (χ1v) is 9.26. The summed E-state index contributed by atoms with van der Waals surface area (Å²) in [5.74, 6) is 0. The molecule has 142 valence electrons. The molecule has 0 aliphatic heterocycles. The Hall–Kier alpha value is -3.34. The summed E-state index contributed by atoms with van der Waals surface area (Å²) in [6.45, 7) is 8.12. The third kappa shape index (κ3) is 4.49. The van der Waals surface area contributed by atoms with Gasteiger partial charge in [0.15, 0.2) is 0 Å². The molecule has 0 heterocycles. The second kappa shape index (κ2) is 8.57. The molecule has 0 fully saturated rings. The molecule has 5 heteroatoms. The summed E-state index contributed by atoms with van der Waals surface area (Å²) in [5, 5.41) is 20.8. The van der Waals surface area contributed by atoms with Crippen molar-refractivity contribution in [3.05, 3.63) is 76.9 Å². The lowest BCUT2D eigenvalue weighted by atomic mass is 10.1. The highest BCUT2D eigenvalue weighted by Gasteiger charge is 2.06. The van der Waals surface area contributed by atoms with Gasteiger partial charge in [0.05, 0.1) is 22.7 Å². The van der Waals surface area contributed by atoms with Crippen molar-refractivity contribution >= 4 is 28.4 Å². The molecule has 0 aliphatic carbocycles. The van der Waals surface area contributed by atoms with Crippen molar-refractivity contribution in [3.8, 4) is 0 Å². The molecule has 1 N–H and O–H groups in total. The molecule has 0 radical (unpaired) electrons. The van der Waals surface area contributed by atoms with Crippen molar-refractivity contribution in [2.75, 3.05) is 12.4 Å². The van der Waals surface area contributed by atoms with E-state index in [2.05, 4.69) is 44.8 Å². The summed E-state index contributed by atoms with van der Waals surface area (Å²) in [7, 11) is 1.92. The summed E-state index contributed by atoms with van der Waals surface area (Å²) in [6.07, 6.45) is 0. The standard InChI is InChI=1S/C23H25N5/c1-15-12-22(16(2)11-20(15)24-5)27-28-23-14-17(3)21(13-18(23)4)26-25-19-9-7-6-8-10-19/h6-14,24H,1-5H3. The van der Waals surface area contributed by atoms with Gasteiger partial charge >= 0.3 is 0 Å². The van der Waals surface area contributed by atoms with Gasteiger partial charge in [0.1, 0.15) is 0 Å². The Bertz CT molecular complexity index is 1040. The van der Waals surface area contributed by atoms with Crippen molar-refractivity contribution in [1.29, 1.82) is 0 Å². The summed E-state index contributed by atoms with van der Waals surface area (Å²) in [6, 6.07) is 17.9. The largest absolute Gasteiger partial charge is 0.388 e. The van der Waals surface area contributed by atoms with E-state index in [1.807, 2.05) is 70.3 Å². The number of nitrogens with one attached hydrogen (secondary N) is 1. The fraction of sp³-hybridized carbons (Fsp3) is 0.217. The van der Waals surface area contributed by atoms with E-state index in [-0.39, 0.29) is 0 Å². The lowest BCUT2D eigenvalue weighted by Crippen LogP contribution is -1.92. The van der Waals surface area contributed by atoms with E-state index < -0.39 is 0 Å². The van der Waals surface area contributed by atoms with E-state index in [0.717, 1.165) is 50.7 Å². The van der Waals surface area contributed by atoms with Crippen LogP contribution in [0.4, 0.5) is 28.4 Å². The van der Waals surface area contributed by atoms with Crippen LogP contribution in [0.15, 0.2) is 75.1 Å². The van der Waals surface area contributed by atoms with Gasteiger partial charge in [-0.1, -0.05) is 18.2 Å². The fourth-order valence-corrected chi connectivity index (χ4v) is 2.89. The van der Waals surface area contributed by atoms with Crippen LogP contribution in [0.1, 0.15) is 22.3 Å². The topological polar surface area (TPSA) is 61.5 Å². The van der Waals surface area contributed by atoms with E-state index in [9.17, 15) is 0 Å². The van der Waals surface area contributed by atoms with Gasteiger partial charge in [-0.2, -0.15) is 20.5 Å². The first kappa shape index (κ1) is 19.4. The van der Waals surface area contributed by atoms with Crippen LogP contribution in [0, 0.1) is 27.7 Å². The molecule has 0 atom stereocenters. The smallest absolute Gasteiger partial charge is 0.0890 e. The predicted molar refractivity (Wildman–Crippen MR) is 116 cm³/mol. The number of rotatable bonds is 5. The van der Waals surface area contributed by atoms with Crippen LogP contribution in [0.2, 0.25) is 0 Å². The Morgan fingerprint density at radius 2 is 1.04 bits per heavy atom. The van der Waals surface area contributed by atoms with Crippen molar-refractivity contribution < 1.29 is 0 Å². The molecule has 0 saturated heterocycles. The van der Waals surface area contributed by atoms with Crippen molar-refractivity contribution in [2.24, 2.45) is 20.5 Å².